The van der Waals surface area contributed by atoms with Crippen LogP contribution in [0.25, 0.3) is 0 Å². The molecule has 5 heteroatoms. The molecule has 3 aromatic rings. The predicted molar refractivity (Wildman–Crippen MR) is 101 cm³/mol. The average Bonchev–Trinajstić information content (AvgIpc) is 3.19. The molecule has 2 aromatic carbocycles. The summed E-state index contributed by atoms with van der Waals surface area (Å²) in [5.74, 6) is 1.03. The summed E-state index contributed by atoms with van der Waals surface area (Å²) in [5, 5.41) is 13.8. The summed E-state index contributed by atoms with van der Waals surface area (Å²) >= 11 is 3.49. The van der Waals surface area contributed by atoms with Gasteiger partial charge in [-0.3, -0.25) is 10.3 Å². The summed E-state index contributed by atoms with van der Waals surface area (Å²) in [6.07, 6.45) is 2.04. The van der Waals surface area contributed by atoms with E-state index in [9.17, 15) is 5.11 Å². The van der Waals surface area contributed by atoms with Crippen molar-refractivity contribution in [3.8, 4) is 5.75 Å². The number of aliphatic imine (C=N–C) groups is 1. The molecular weight excluding hydrogens is 380 g/mol. The summed E-state index contributed by atoms with van der Waals surface area (Å²) in [6, 6.07) is 19.3. The first-order valence-corrected chi connectivity index (χ1v) is 8.90. The fourth-order valence-corrected chi connectivity index (χ4v) is 3.49. The van der Waals surface area contributed by atoms with Crippen LogP contribution in [0.2, 0.25) is 0 Å². The van der Waals surface area contributed by atoms with Gasteiger partial charge < -0.3 is 9.52 Å². The molecule has 0 amide bonds. The van der Waals surface area contributed by atoms with Gasteiger partial charge in [0.1, 0.15) is 11.5 Å². The van der Waals surface area contributed by atoms with E-state index in [0.717, 1.165) is 27.1 Å². The van der Waals surface area contributed by atoms with Gasteiger partial charge in [-0.2, -0.15) is 0 Å². The van der Waals surface area contributed by atoms with Crippen molar-refractivity contribution in [2.45, 2.75) is 18.6 Å². The van der Waals surface area contributed by atoms with Crippen LogP contribution in [-0.2, 0) is 0 Å². The third-order valence-electron chi connectivity index (χ3n) is 4.33. The van der Waals surface area contributed by atoms with E-state index in [-0.39, 0.29) is 18.0 Å². The van der Waals surface area contributed by atoms with E-state index in [1.165, 1.54) is 0 Å². The van der Waals surface area contributed by atoms with E-state index in [1.54, 1.807) is 12.3 Å². The number of nitrogens with zero attached hydrogens (tertiary/aromatic N) is 1. The zero-order valence-corrected chi connectivity index (χ0v) is 15.0. The SMILES string of the molecule is Oc1ccc(Br)cc1[C@H]1CC(c2ccccc2)=N[C@H](c2ccco2)N1. The van der Waals surface area contributed by atoms with Crippen LogP contribution in [0, 0.1) is 0 Å². The minimum Gasteiger partial charge on any atom is -0.508 e. The number of phenolic OH excluding ortho intramolecular Hbond substituents is 1. The van der Waals surface area contributed by atoms with Crippen molar-refractivity contribution in [3.63, 3.8) is 0 Å². The fourth-order valence-electron chi connectivity index (χ4n) is 3.11. The van der Waals surface area contributed by atoms with Gasteiger partial charge in [0.25, 0.3) is 0 Å². The number of phenols is 1. The summed E-state index contributed by atoms with van der Waals surface area (Å²) in [4.78, 5) is 4.84. The lowest BCUT2D eigenvalue weighted by atomic mass is 9.94. The van der Waals surface area contributed by atoms with Crippen molar-refractivity contribution in [2.75, 3.05) is 0 Å². The number of rotatable bonds is 3. The van der Waals surface area contributed by atoms with Crippen LogP contribution in [0.15, 0.2) is 80.8 Å². The number of hydrogen-bond donors (Lipinski definition) is 2. The molecule has 0 fully saturated rings. The van der Waals surface area contributed by atoms with Crippen molar-refractivity contribution >= 4 is 21.6 Å². The highest BCUT2D eigenvalue weighted by molar-refractivity contribution is 9.10. The normalized spacial score (nSPS) is 20.3. The fraction of sp³-hybridized carbons (Fsp3) is 0.150. The van der Waals surface area contributed by atoms with E-state index < -0.39 is 0 Å². The molecule has 25 heavy (non-hydrogen) atoms. The van der Waals surface area contributed by atoms with Crippen LogP contribution in [0.4, 0.5) is 0 Å². The molecule has 4 rings (SSSR count). The summed E-state index contributed by atoms with van der Waals surface area (Å²) in [7, 11) is 0. The Morgan fingerprint density at radius 3 is 2.68 bits per heavy atom. The number of nitrogens with one attached hydrogen (secondary N) is 1. The van der Waals surface area contributed by atoms with E-state index in [2.05, 4.69) is 33.4 Å². The van der Waals surface area contributed by atoms with Crippen molar-refractivity contribution < 1.29 is 9.52 Å². The van der Waals surface area contributed by atoms with Gasteiger partial charge in [0, 0.05) is 28.2 Å². The number of benzene rings is 2. The number of halogens is 1. The van der Waals surface area contributed by atoms with Gasteiger partial charge in [0.15, 0.2) is 6.17 Å². The van der Waals surface area contributed by atoms with Crippen LogP contribution < -0.4 is 5.32 Å². The van der Waals surface area contributed by atoms with E-state index in [4.69, 9.17) is 9.41 Å². The smallest absolute Gasteiger partial charge is 0.159 e. The Morgan fingerprint density at radius 2 is 1.92 bits per heavy atom. The lowest BCUT2D eigenvalue weighted by Gasteiger charge is -2.29. The van der Waals surface area contributed by atoms with Crippen LogP contribution in [0.1, 0.15) is 35.5 Å². The number of aromatic hydroxyl groups is 1. The molecule has 1 aromatic heterocycles. The van der Waals surface area contributed by atoms with E-state index in [0.29, 0.717) is 6.42 Å². The van der Waals surface area contributed by atoms with Crippen LogP contribution in [-0.4, -0.2) is 10.8 Å². The van der Waals surface area contributed by atoms with E-state index in [1.807, 2.05) is 42.5 Å². The Kier molecular flexibility index (Phi) is 4.42. The number of furan rings is 1. The second kappa shape index (κ2) is 6.86. The second-order valence-electron chi connectivity index (χ2n) is 5.99. The minimum absolute atomic E-state index is 0.0692. The molecule has 0 aliphatic carbocycles. The van der Waals surface area contributed by atoms with E-state index >= 15 is 0 Å². The van der Waals surface area contributed by atoms with Gasteiger partial charge in [0.05, 0.1) is 6.26 Å². The largest absolute Gasteiger partial charge is 0.508 e. The second-order valence-corrected chi connectivity index (χ2v) is 6.90. The van der Waals surface area contributed by atoms with Crippen molar-refractivity contribution in [3.05, 3.63) is 88.3 Å². The Labute approximate surface area is 154 Å². The molecule has 2 N–H and O–H groups in total. The molecule has 0 saturated heterocycles. The Morgan fingerprint density at radius 1 is 1.08 bits per heavy atom. The van der Waals surface area contributed by atoms with Crippen molar-refractivity contribution in [2.24, 2.45) is 4.99 Å². The molecule has 0 radical (unpaired) electrons. The summed E-state index contributed by atoms with van der Waals surface area (Å²) < 4.78 is 6.48. The lowest BCUT2D eigenvalue weighted by Crippen LogP contribution is -2.32. The zero-order chi connectivity index (χ0) is 17.2. The molecule has 2 heterocycles. The number of hydrogen-bond acceptors (Lipinski definition) is 4. The van der Waals surface area contributed by atoms with Gasteiger partial charge in [-0.05, 0) is 35.9 Å². The van der Waals surface area contributed by atoms with Gasteiger partial charge in [-0.15, -0.1) is 0 Å². The molecule has 0 spiro atoms. The molecule has 2 atom stereocenters. The van der Waals surface area contributed by atoms with Crippen LogP contribution >= 0.6 is 15.9 Å². The highest BCUT2D eigenvalue weighted by Crippen LogP contribution is 2.35. The Balaban J connectivity index is 1.75. The topological polar surface area (TPSA) is 57.8 Å². The summed E-state index contributed by atoms with van der Waals surface area (Å²) in [6.45, 7) is 0. The maximum absolute atomic E-state index is 10.3. The molecule has 0 saturated carbocycles. The minimum atomic E-state index is -0.290. The molecule has 1 aliphatic rings. The first kappa shape index (κ1) is 16.1. The third kappa shape index (κ3) is 3.38. The van der Waals surface area contributed by atoms with Gasteiger partial charge in [0.2, 0.25) is 0 Å². The molecule has 0 unspecified atom stereocenters. The predicted octanol–water partition coefficient (Wildman–Crippen LogP) is 4.97. The molecular formula is C20H17BrN2O2. The summed E-state index contributed by atoms with van der Waals surface area (Å²) in [5.41, 5.74) is 2.92. The first-order valence-electron chi connectivity index (χ1n) is 8.10. The Bertz CT molecular complexity index is 891. The van der Waals surface area contributed by atoms with Gasteiger partial charge >= 0.3 is 0 Å². The van der Waals surface area contributed by atoms with Crippen molar-refractivity contribution in [1.82, 2.24) is 5.32 Å². The Hall–Kier alpha value is -2.37. The first-order chi connectivity index (χ1) is 12.2. The molecule has 4 nitrogen and oxygen atoms in total. The highest BCUT2D eigenvalue weighted by atomic mass is 79.9. The maximum Gasteiger partial charge on any atom is 0.159 e. The van der Waals surface area contributed by atoms with Crippen molar-refractivity contribution in [1.29, 1.82) is 0 Å². The van der Waals surface area contributed by atoms with Crippen LogP contribution in [0.3, 0.4) is 0 Å². The highest BCUT2D eigenvalue weighted by Gasteiger charge is 2.28. The molecule has 1 aliphatic heterocycles. The molecule has 0 bridgehead atoms. The lowest BCUT2D eigenvalue weighted by molar-refractivity contribution is 0.364. The third-order valence-corrected chi connectivity index (χ3v) is 4.82. The van der Waals surface area contributed by atoms with Gasteiger partial charge in [-0.25, -0.2) is 0 Å². The monoisotopic (exact) mass is 396 g/mol. The molecule has 126 valence electrons. The standard InChI is InChI=1S/C20H17BrN2O2/c21-14-8-9-18(24)15(11-14)17-12-16(13-5-2-1-3-6-13)22-20(23-17)19-7-4-10-25-19/h1-11,17,20,23-24H,12H2/t17-,20+/m1/s1. The average molecular weight is 397 g/mol. The quantitative estimate of drug-likeness (QED) is 0.656. The zero-order valence-electron chi connectivity index (χ0n) is 13.4. The van der Waals surface area contributed by atoms with Crippen LogP contribution in [0.5, 0.6) is 5.75 Å². The maximum atomic E-state index is 10.3. The van der Waals surface area contributed by atoms with Gasteiger partial charge in [-0.1, -0.05) is 46.3 Å².